The minimum atomic E-state index is -0.276. The molecule has 4 rings (SSSR count). The Bertz CT molecular complexity index is 1040. The van der Waals surface area contributed by atoms with Crippen molar-refractivity contribution in [1.82, 2.24) is 24.2 Å². The van der Waals surface area contributed by atoms with Crippen LogP contribution in [0.15, 0.2) is 53.5 Å². The van der Waals surface area contributed by atoms with Gasteiger partial charge in [0, 0.05) is 37.8 Å². The molecule has 0 saturated heterocycles. The summed E-state index contributed by atoms with van der Waals surface area (Å²) in [5, 5.41) is 4.49. The Morgan fingerprint density at radius 1 is 1.14 bits per heavy atom. The molecule has 1 amide bonds. The van der Waals surface area contributed by atoms with Crippen LogP contribution in [0.2, 0.25) is 0 Å². The molecule has 3 heterocycles. The first kappa shape index (κ1) is 18.2. The van der Waals surface area contributed by atoms with Crippen LogP contribution in [0, 0.1) is 0 Å². The number of pyridine rings is 1. The summed E-state index contributed by atoms with van der Waals surface area (Å²) in [6.07, 6.45) is 4.02. The van der Waals surface area contributed by atoms with E-state index in [1.807, 2.05) is 49.4 Å². The van der Waals surface area contributed by atoms with Crippen LogP contribution >= 0.6 is 0 Å². The van der Waals surface area contributed by atoms with Gasteiger partial charge in [-0.1, -0.05) is 31.2 Å². The Balaban J connectivity index is 1.60. The largest absolute Gasteiger partial charge is 0.351 e. The van der Waals surface area contributed by atoms with E-state index >= 15 is 0 Å². The number of benzene rings is 1. The smallest absolute Gasteiger partial charge is 0.336 e. The van der Waals surface area contributed by atoms with E-state index in [4.69, 9.17) is 0 Å². The molecule has 1 aliphatic rings. The van der Waals surface area contributed by atoms with Crippen molar-refractivity contribution >= 4 is 5.91 Å². The fourth-order valence-electron chi connectivity index (χ4n) is 3.56. The fourth-order valence-corrected chi connectivity index (χ4v) is 3.56. The first-order valence-electron chi connectivity index (χ1n) is 9.62. The first-order valence-corrected chi connectivity index (χ1v) is 9.62. The highest BCUT2D eigenvalue weighted by molar-refractivity contribution is 5.76. The maximum atomic E-state index is 13.0. The number of aromatic nitrogens is 4. The lowest BCUT2D eigenvalue weighted by molar-refractivity contribution is -0.132. The van der Waals surface area contributed by atoms with E-state index in [9.17, 15) is 9.59 Å². The molecule has 0 atom stereocenters. The summed E-state index contributed by atoms with van der Waals surface area (Å²) in [5.74, 6) is 0.574. The number of fused-ring (bicyclic) bond motifs is 1. The van der Waals surface area contributed by atoms with Crippen molar-refractivity contribution in [2.24, 2.45) is 0 Å². The Morgan fingerprint density at radius 2 is 1.96 bits per heavy atom. The number of nitrogens with zero attached hydrogens (tertiary/aromatic N) is 5. The summed E-state index contributed by atoms with van der Waals surface area (Å²) < 4.78 is 2.89. The topological polar surface area (TPSA) is 73.0 Å². The second-order valence-corrected chi connectivity index (χ2v) is 6.96. The molecule has 0 N–H and O–H groups in total. The average Bonchev–Trinajstić information content (AvgIpc) is 3.04. The van der Waals surface area contributed by atoms with Crippen molar-refractivity contribution < 1.29 is 4.79 Å². The van der Waals surface area contributed by atoms with Gasteiger partial charge in [0.2, 0.25) is 5.91 Å². The van der Waals surface area contributed by atoms with E-state index in [2.05, 4.69) is 10.1 Å². The fraction of sp³-hybridized carbons (Fsp3) is 0.333. The van der Waals surface area contributed by atoms with Gasteiger partial charge in [-0.05, 0) is 30.2 Å². The zero-order chi connectivity index (χ0) is 19.5. The summed E-state index contributed by atoms with van der Waals surface area (Å²) in [6.45, 7) is 3.20. The molecular weight excluding hydrogens is 354 g/mol. The molecule has 0 aliphatic carbocycles. The van der Waals surface area contributed by atoms with E-state index in [0.29, 0.717) is 31.0 Å². The number of carbonyl (C=O) groups excluding carboxylic acids is 1. The van der Waals surface area contributed by atoms with Gasteiger partial charge in [-0.2, -0.15) is 4.68 Å². The van der Waals surface area contributed by atoms with Crippen LogP contribution in [-0.2, 0) is 30.7 Å². The zero-order valence-corrected chi connectivity index (χ0v) is 15.9. The normalized spacial score (nSPS) is 13.4. The van der Waals surface area contributed by atoms with E-state index in [0.717, 1.165) is 24.1 Å². The summed E-state index contributed by atoms with van der Waals surface area (Å²) in [6, 6.07) is 13.2. The molecule has 0 spiro atoms. The lowest BCUT2D eigenvalue weighted by atomic mass is 10.1. The van der Waals surface area contributed by atoms with Crippen molar-refractivity contribution in [3.63, 3.8) is 0 Å². The monoisotopic (exact) mass is 377 g/mol. The van der Waals surface area contributed by atoms with Crippen LogP contribution in [0.5, 0.6) is 0 Å². The molecule has 0 saturated carbocycles. The predicted molar refractivity (Wildman–Crippen MR) is 105 cm³/mol. The van der Waals surface area contributed by atoms with E-state index in [-0.39, 0.29) is 18.1 Å². The number of amides is 1. The zero-order valence-electron chi connectivity index (χ0n) is 15.9. The highest BCUT2D eigenvalue weighted by Crippen LogP contribution is 2.17. The number of aryl methyl sites for hydroxylation is 1. The van der Waals surface area contributed by atoms with Gasteiger partial charge in [-0.25, -0.2) is 4.79 Å². The Labute approximate surface area is 163 Å². The van der Waals surface area contributed by atoms with E-state index in [1.54, 1.807) is 11.1 Å². The van der Waals surface area contributed by atoms with Crippen molar-refractivity contribution in [3.8, 4) is 5.69 Å². The summed E-state index contributed by atoms with van der Waals surface area (Å²) in [7, 11) is 0. The summed E-state index contributed by atoms with van der Waals surface area (Å²) in [5.41, 5.74) is 2.55. The Hall–Kier alpha value is -3.22. The van der Waals surface area contributed by atoms with Gasteiger partial charge in [0.15, 0.2) is 0 Å². The average molecular weight is 377 g/mol. The van der Waals surface area contributed by atoms with E-state index in [1.165, 1.54) is 9.25 Å². The van der Waals surface area contributed by atoms with Gasteiger partial charge < -0.3 is 4.90 Å². The summed E-state index contributed by atoms with van der Waals surface area (Å²) in [4.78, 5) is 32.1. The van der Waals surface area contributed by atoms with Gasteiger partial charge in [-0.3, -0.25) is 14.3 Å². The molecule has 0 unspecified atom stereocenters. The van der Waals surface area contributed by atoms with E-state index < -0.39 is 0 Å². The lowest BCUT2D eigenvalue weighted by Gasteiger charge is -2.28. The highest BCUT2D eigenvalue weighted by atomic mass is 16.2. The molecule has 7 nitrogen and oxygen atoms in total. The highest BCUT2D eigenvalue weighted by Gasteiger charge is 2.24. The molecule has 1 aliphatic heterocycles. The number of rotatable bonds is 5. The van der Waals surface area contributed by atoms with Crippen molar-refractivity contribution in [2.75, 3.05) is 6.54 Å². The third kappa shape index (κ3) is 3.47. The van der Waals surface area contributed by atoms with Crippen molar-refractivity contribution in [3.05, 3.63) is 76.2 Å². The number of carbonyl (C=O) groups is 1. The van der Waals surface area contributed by atoms with Crippen molar-refractivity contribution in [2.45, 2.75) is 39.3 Å². The SMILES string of the molecule is CCCc1nn(-c2ccccc2)c(=O)n1CC(=O)N1CCc2ncccc2C1. The number of para-hydroxylation sites is 1. The van der Waals surface area contributed by atoms with Crippen LogP contribution in [-0.4, -0.2) is 36.7 Å². The van der Waals surface area contributed by atoms with Crippen molar-refractivity contribution in [1.29, 1.82) is 0 Å². The molecule has 0 bridgehead atoms. The molecule has 7 heteroatoms. The van der Waals surface area contributed by atoms with Gasteiger partial charge in [0.05, 0.1) is 5.69 Å². The Kier molecular flexibility index (Phi) is 5.06. The molecule has 144 valence electrons. The number of hydrogen-bond donors (Lipinski definition) is 0. The molecule has 0 radical (unpaired) electrons. The lowest BCUT2D eigenvalue weighted by Crippen LogP contribution is -2.40. The minimum Gasteiger partial charge on any atom is -0.336 e. The van der Waals surface area contributed by atoms with Crippen LogP contribution in [0.4, 0.5) is 0 Å². The van der Waals surface area contributed by atoms with Crippen LogP contribution in [0.1, 0.15) is 30.4 Å². The second-order valence-electron chi connectivity index (χ2n) is 6.96. The van der Waals surface area contributed by atoms with Gasteiger partial charge in [0.25, 0.3) is 0 Å². The molecule has 3 aromatic rings. The minimum absolute atomic E-state index is 0.0105. The quantitative estimate of drug-likeness (QED) is 0.681. The molecule has 28 heavy (non-hydrogen) atoms. The predicted octanol–water partition coefficient (Wildman–Crippen LogP) is 1.97. The van der Waals surface area contributed by atoms with Crippen LogP contribution in [0.3, 0.4) is 0 Å². The van der Waals surface area contributed by atoms with Crippen LogP contribution < -0.4 is 5.69 Å². The summed E-state index contributed by atoms with van der Waals surface area (Å²) >= 11 is 0. The number of hydrogen-bond acceptors (Lipinski definition) is 4. The molecular formula is C21H23N5O2. The van der Waals surface area contributed by atoms with Gasteiger partial charge in [-0.15, -0.1) is 5.10 Å². The maximum Gasteiger partial charge on any atom is 0.351 e. The molecule has 1 aromatic carbocycles. The standard InChI is InChI=1S/C21H23N5O2/c1-2-7-19-23-26(17-9-4-3-5-10-17)21(28)25(19)15-20(27)24-13-11-18-16(14-24)8-6-12-22-18/h3-6,8-10,12H,2,7,11,13-15H2,1H3. The molecule has 2 aromatic heterocycles. The van der Waals surface area contributed by atoms with Gasteiger partial charge in [0.1, 0.15) is 12.4 Å². The maximum absolute atomic E-state index is 13.0. The second kappa shape index (κ2) is 7.80. The third-order valence-corrected chi connectivity index (χ3v) is 5.02. The first-order chi connectivity index (χ1) is 13.7. The third-order valence-electron chi connectivity index (χ3n) is 5.02. The molecule has 0 fully saturated rings. The van der Waals surface area contributed by atoms with Crippen LogP contribution in [0.25, 0.3) is 5.69 Å². The van der Waals surface area contributed by atoms with Gasteiger partial charge >= 0.3 is 5.69 Å². The Morgan fingerprint density at radius 3 is 2.75 bits per heavy atom.